The molecule has 0 atom stereocenters. The topological polar surface area (TPSA) is 20.2 Å². The van der Waals surface area contributed by atoms with Gasteiger partial charge in [0.1, 0.15) is 6.61 Å². The first-order valence-electron chi connectivity index (χ1n) is 4.23. The molecule has 71 valence electrons. The minimum Gasteiger partial charge on any atom is -0.385 e. The molecule has 1 radical (unpaired) electrons. The fourth-order valence-corrected chi connectivity index (χ4v) is 2.19. The van der Waals surface area contributed by atoms with Gasteiger partial charge in [-0.1, -0.05) is 54.9 Å². The van der Waals surface area contributed by atoms with Crippen LogP contribution in [0.2, 0.25) is 0 Å². The van der Waals surface area contributed by atoms with Crippen molar-refractivity contribution in [3.8, 4) is 0 Å². The molecule has 0 bridgehead atoms. The summed E-state index contributed by atoms with van der Waals surface area (Å²) in [5.41, 5.74) is 2.13. The molecule has 1 rings (SSSR count). The molecule has 0 aliphatic carbocycles. The summed E-state index contributed by atoms with van der Waals surface area (Å²) < 4.78 is 0.977. The summed E-state index contributed by atoms with van der Waals surface area (Å²) in [4.78, 5) is 0. The molecule has 1 N–H and O–H groups in total. The molecule has 0 amide bonds. The number of aliphatic hydroxyl groups is 1. The van der Waals surface area contributed by atoms with Crippen molar-refractivity contribution in [1.29, 1.82) is 0 Å². The monoisotopic (exact) mass is 241 g/mol. The maximum absolute atomic E-state index is 8.95. The Morgan fingerprint density at radius 2 is 1.92 bits per heavy atom. The largest absolute Gasteiger partial charge is 0.385 e. The number of hydrogen-bond acceptors (Lipinski definition) is 1. The first-order chi connectivity index (χ1) is 5.96. The van der Waals surface area contributed by atoms with Crippen LogP contribution >= 0.6 is 15.9 Å². The molecule has 1 aromatic rings. The van der Waals surface area contributed by atoms with Crippen molar-refractivity contribution in [2.24, 2.45) is 0 Å². The van der Waals surface area contributed by atoms with Crippen molar-refractivity contribution in [2.45, 2.75) is 26.2 Å². The number of hydrogen-bond donors (Lipinski definition) is 1. The van der Waals surface area contributed by atoms with Crippen LogP contribution < -0.4 is 0 Å². The Balaban J connectivity index is 3.24. The highest BCUT2D eigenvalue weighted by atomic mass is 79.9. The van der Waals surface area contributed by atoms with Crippen molar-refractivity contribution < 1.29 is 5.11 Å². The van der Waals surface area contributed by atoms with Gasteiger partial charge in [-0.25, -0.2) is 0 Å². The second kappa shape index (κ2) is 3.81. The van der Waals surface area contributed by atoms with E-state index in [2.05, 4.69) is 42.8 Å². The van der Waals surface area contributed by atoms with Crippen LogP contribution in [0, 0.1) is 6.61 Å². The van der Waals surface area contributed by atoms with E-state index in [0.29, 0.717) is 0 Å². The van der Waals surface area contributed by atoms with Crippen LogP contribution in [0.15, 0.2) is 22.7 Å². The van der Waals surface area contributed by atoms with Crippen LogP contribution in [-0.2, 0) is 5.41 Å². The SMILES string of the molecule is CC(C)(C)c1cccc([CH]O)c1Br. The first-order valence-corrected chi connectivity index (χ1v) is 5.02. The molecule has 1 aromatic carbocycles. The second-order valence-electron chi connectivity index (χ2n) is 4.09. The molecule has 0 heterocycles. The van der Waals surface area contributed by atoms with Gasteiger partial charge in [0, 0.05) is 4.47 Å². The average Bonchev–Trinajstić information content (AvgIpc) is 2.02. The van der Waals surface area contributed by atoms with Gasteiger partial charge < -0.3 is 5.11 Å². The minimum atomic E-state index is 0.0951. The zero-order chi connectivity index (χ0) is 10.1. The highest BCUT2D eigenvalue weighted by molar-refractivity contribution is 9.10. The zero-order valence-corrected chi connectivity index (χ0v) is 9.72. The van der Waals surface area contributed by atoms with E-state index in [1.54, 1.807) is 0 Å². The lowest BCUT2D eigenvalue weighted by molar-refractivity contribution is 0.413. The number of benzene rings is 1. The van der Waals surface area contributed by atoms with Crippen molar-refractivity contribution in [3.05, 3.63) is 40.4 Å². The van der Waals surface area contributed by atoms with Crippen LogP contribution in [0.4, 0.5) is 0 Å². The van der Waals surface area contributed by atoms with E-state index in [0.717, 1.165) is 16.6 Å². The van der Waals surface area contributed by atoms with E-state index in [4.69, 9.17) is 5.11 Å². The number of halogens is 1. The predicted molar refractivity (Wildman–Crippen MR) is 58.2 cm³/mol. The van der Waals surface area contributed by atoms with Gasteiger partial charge in [0.2, 0.25) is 0 Å². The zero-order valence-electron chi connectivity index (χ0n) is 8.13. The van der Waals surface area contributed by atoms with Crippen molar-refractivity contribution >= 4 is 15.9 Å². The molecule has 2 heteroatoms. The molecule has 0 saturated heterocycles. The maximum atomic E-state index is 8.95. The van der Waals surface area contributed by atoms with Crippen LogP contribution in [0.5, 0.6) is 0 Å². The lowest BCUT2D eigenvalue weighted by Gasteiger charge is -2.21. The molecule has 0 aliphatic rings. The van der Waals surface area contributed by atoms with Gasteiger partial charge in [0.15, 0.2) is 0 Å². The average molecular weight is 242 g/mol. The minimum absolute atomic E-state index is 0.0951. The van der Waals surface area contributed by atoms with Crippen molar-refractivity contribution in [3.63, 3.8) is 0 Å². The molecular weight excluding hydrogens is 228 g/mol. The summed E-state index contributed by atoms with van der Waals surface area (Å²) in [5.74, 6) is 0. The summed E-state index contributed by atoms with van der Waals surface area (Å²) in [6.45, 7) is 7.57. The summed E-state index contributed by atoms with van der Waals surface area (Å²) in [7, 11) is 0. The van der Waals surface area contributed by atoms with Crippen LogP contribution in [0.3, 0.4) is 0 Å². The van der Waals surface area contributed by atoms with Gasteiger partial charge in [0.05, 0.1) is 0 Å². The van der Waals surface area contributed by atoms with Gasteiger partial charge >= 0.3 is 0 Å². The quantitative estimate of drug-likeness (QED) is 0.797. The Morgan fingerprint density at radius 3 is 2.38 bits per heavy atom. The van der Waals surface area contributed by atoms with Gasteiger partial charge in [-0.15, -0.1) is 0 Å². The second-order valence-corrected chi connectivity index (χ2v) is 4.88. The standard InChI is InChI=1S/C11H14BrO/c1-11(2,3)9-6-4-5-8(7-13)10(9)12/h4-7,13H,1-3H3. The van der Waals surface area contributed by atoms with Crippen LogP contribution in [0.1, 0.15) is 31.9 Å². The van der Waals surface area contributed by atoms with Gasteiger partial charge in [-0.2, -0.15) is 0 Å². The Morgan fingerprint density at radius 1 is 1.31 bits per heavy atom. The summed E-state index contributed by atoms with van der Waals surface area (Å²) in [5, 5.41) is 8.95. The third-order valence-electron chi connectivity index (χ3n) is 1.98. The summed E-state index contributed by atoms with van der Waals surface area (Å²) in [6.07, 6.45) is 0. The third kappa shape index (κ3) is 2.32. The number of aliphatic hydroxyl groups excluding tert-OH is 1. The van der Waals surface area contributed by atoms with E-state index in [-0.39, 0.29) is 5.41 Å². The highest BCUT2D eigenvalue weighted by Crippen LogP contribution is 2.32. The first kappa shape index (κ1) is 10.7. The Bertz CT molecular complexity index is 299. The highest BCUT2D eigenvalue weighted by Gasteiger charge is 2.18. The Kier molecular flexibility index (Phi) is 3.14. The Hall–Kier alpha value is -0.340. The predicted octanol–water partition coefficient (Wildman–Crippen LogP) is 3.63. The van der Waals surface area contributed by atoms with E-state index >= 15 is 0 Å². The summed E-state index contributed by atoms with van der Waals surface area (Å²) >= 11 is 3.49. The van der Waals surface area contributed by atoms with Gasteiger partial charge in [0.25, 0.3) is 0 Å². The Labute approximate surface area is 87.9 Å². The smallest absolute Gasteiger partial charge is 0.110 e. The van der Waals surface area contributed by atoms with Gasteiger partial charge in [-0.05, 0) is 16.5 Å². The summed E-state index contributed by atoms with van der Waals surface area (Å²) in [6, 6.07) is 5.89. The lowest BCUT2D eigenvalue weighted by Crippen LogP contribution is -2.12. The maximum Gasteiger partial charge on any atom is 0.110 e. The van der Waals surface area contributed by atoms with Gasteiger partial charge in [-0.3, -0.25) is 0 Å². The molecule has 0 unspecified atom stereocenters. The van der Waals surface area contributed by atoms with Crippen LogP contribution in [0.25, 0.3) is 0 Å². The number of rotatable bonds is 1. The van der Waals surface area contributed by atoms with E-state index in [9.17, 15) is 0 Å². The van der Waals surface area contributed by atoms with E-state index in [1.165, 1.54) is 5.56 Å². The van der Waals surface area contributed by atoms with E-state index < -0.39 is 0 Å². The van der Waals surface area contributed by atoms with E-state index in [1.807, 2.05) is 12.1 Å². The third-order valence-corrected chi connectivity index (χ3v) is 2.86. The van der Waals surface area contributed by atoms with Crippen molar-refractivity contribution in [1.82, 2.24) is 0 Å². The molecular formula is C11H14BrO. The molecule has 0 spiro atoms. The van der Waals surface area contributed by atoms with Crippen LogP contribution in [-0.4, -0.2) is 5.11 Å². The fraction of sp³-hybridized carbons (Fsp3) is 0.364. The lowest BCUT2D eigenvalue weighted by atomic mass is 9.86. The molecule has 13 heavy (non-hydrogen) atoms. The molecule has 0 saturated carbocycles. The fourth-order valence-electron chi connectivity index (χ4n) is 1.23. The molecule has 1 nitrogen and oxygen atoms in total. The van der Waals surface area contributed by atoms with Crippen molar-refractivity contribution in [2.75, 3.05) is 0 Å². The molecule has 0 aliphatic heterocycles. The molecule has 0 aromatic heterocycles. The molecule has 0 fully saturated rings. The normalized spacial score (nSPS) is 11.8.